The molecule has 0 aliphatic heterocycles. The maximum Gasteiger partial charge on any atom is 0.205 e. The molecule has 0 unspecified atom stereocenters. The maximum absolute atomic E-state index is 6.20. The van der Waals surface area contributed by atoms with Crippen LogP contribution >= 0.6 is 8.38 Å². The smallest absolute Gasteiger partial charge is 0.205 e. The van der Waals surface area contributed by atoms with Crippen LogP contribution in [0.25, 0.3) is 0 Å². The van der Waals surface area contributed by atoms with Crippen molar-refractivity contribution in [1.29, 1.82) is 0 Å². The Kier molecular flexibility index (Phi) is 17.0. The molecule has 0 N–H and O–H groups in total. The lowest BCUT2D eigenvalue weighted by molar-refractivity contribution is 0.246. The third-order valence-corrected chi connectivity index (χ3v) is 6.71. The van der Waals surface area contributed by atoms with Crippen LogP contribution in [0.4, 0.5) is 0 Å². The Balaban J connectivity index is 2.24. The van der Waals surface area contributed by atoms with Crippen LogP contribution < -0.4 is 5.30 Å². The van der Waals surface area contributed by atoms with Crippen molar-refractivity contribution < 1.29 is 9.05 Å². The minimum absolute atomic E-state index is 0.824. The topological polar surface area (TPSA) is 18.5 Å². The number of unbranched alkanes of at least 4 members (excludes halogenated alkanes) is 12. The lowest BCUT2D eigenvalue weighted by atomic mass is 10.1. The first-order valence-electron chi connectivity index (χ1n) is 11.9. The van der Waals surface area contributed by atoms with Crippen LogP contribution in [0.2, 0.25) is 0 Å². The normalized spacial score (nSPS) is 11.4. The van der Waals surface area contributed by atoms with E-state index in [1.54, 1.807) is 0 Å². The molecule has 0 aromatic heterocycles. The van der Waals surface area contributed by atoms with E-state index in [0.29, 0.717) is 0 Å². The number of aryl methyl sites for hydroxylation is 1. The molecule has 2 nitrogen and oxygen atoms in total. The van der Waals surface area contributed by atoms with Gasteiger partial charge in [-0.05, 0) is 31.9 Å². The van der Waals surface area contributed by atoms with Crippen molar-refractivity contribution in [2.45, 2.75) is 111 Å². The average molecular weight is 409 g/mol. The predicted molar refractivity (Wildman–Crippen MR) is 126 cm³/mol. The van der Waals surface area contributed by atoms with Gasteiger partial charge in [-0.1, -0.05) is 109 Å². The fraction of sp³-hybridized carbons (Fsp3) is 0.760. The van der Waals surface area contributed by atoms with Gasteiger partial charge in [-0.2, -0.15) is 0 Å². The van der Waals surface area contributed by atoms with Crippen LogP contribution in [-0.4, -0.2) is 13.2 Å². The second-order valence-corrected chi connectivity index (χ2v) is 9.55. The quantitative estimate of drug-likeness (QED) is 0.169. The largest absolute Gasteiger partial charge is 0.331 e. The summed E-state index contributed by atoms with van der Waals surface area (Å²) in [5.41, 5.74) is 1.29. The number of hydrogen-bond acceptors (Lipinski definition) is 2. The first kappa shape index (κ1) is 25.6. The monoisotopic (exact) mass is 408 g/mol. The number of hydrogen-bond donors (Lipinski definition) is 0. The Bertz CT molecular complexity index is 426. The Labute approximate surface area is 176 Å². The van der Waals surface area contributed by atoms with Gasteiger partial charge >= 0.3 is 0 Å². The minimum atomic E-state index is -0.929. The second kappa shape index (κ2) is 18.6. The van der Waals surface area contributed by atoms with E-state index >= 15 is 0 Å². The van der Waals surface area contributed by atoms with Crippen molar-refractivity contribution in [3.63, 3.8) is 0 Å². The summed E-state index contributed by atoms with van der Waals surface area (Å²) >= 11 is 0. The molecule has 0 radical (unpaired) electrons. The van der Waals surface area contributed by atoms with Gasteiger partial charge in [0.1, 0.15) is 0 Å². The van der Waals surface area contributed by atoms with Crippen molar-refractivity contribution in [1.82, 2.24) is 0 Å². The Morgan fingerprint density at radius 3 is 1.39 bits per heavy atom. The number of benzene rings is 1. The van der Waals surface area contributed by atoms with E-state index < -0.39 is 8.38 Å². The lowest BCUT2D eigenvalue weighted by Crippen LogP contribution is -2.07. The van der Waals surface area contributed by atoms with E-state index in [9.17, 15) is 0 Å². The van der Waals surface area contributed by atoms with Gasteiger partial charge < -0.3 is 9.05 Å². The van der Waals surface area contributed by atoms with Gasteiger partial charge in [-0.15, -0.1) is 0 Å². The SMILES string of the molecule is CCCCCCCCCOP(OCCCCCCCCC)c1ccc(C)cc1. The van der Waals surface area contributed by atoms with Crippen molar-refractivity contribution in [3.8, 4) is 0 Å². The molecule has 0 aliphatic carbocycles. The molecular weight excluding hydrogens is 363 g/mol. The Morgan fingerprint density at radius 1 is 0.571 bits per heavy atom. The zero-order valence-corrected chi connectivity index (χ0v) is 19.8. The highest BCUT2D eigenvalue weighted by Crippen LogP contribution is 2.37. The van der Waals surface area contributed by atoms with Crippen LogP contribution in [0.3, 0.4) is 0 Å². The van der Waals surface area contributed by atoms with Crippen LogP contribution in [-0.2, 0) is 9.05 Å². The van der Waals surface area contributed by atoms with Crippen LogP contribution in [0, 0.1) is 6.92 Å². The van der Waals surface area contributed by atoms with Crippen molar-refractivity contribution in [2.24, 2.45) is 0 Å². The summed E-state index contributed by atoms with van der Waals surface area (Å²) in [5, 5.41) is 1.21. The summed E-state index contributed by atoms with van der Waals surface area (Å²) in [6.45, 7) is 8.32. The zero-order chi connectivity index (χ0) is 20.3. The summed E-state index contributed by atoms with van der Waals surface area (Å²) in [6, 6.07) is 8.69. The van der Waals surface area contributed by atoms with Gasteiger partial charge in [-0.25, -0.2) is 0 Å². The van der Waals surface area contributed by atoms with E-state index in [-0.39, 0.29) is 0 Å². The molecule has 0 saturated carbocycles. The Morgan fingerprint density at radius 2 is 0.964 bits per heavy atom. The third kappa shape index (κ3) is 13.7. The number of rotatable bonds is 19. The molecule has 3 heteroatoms. The van der Waals surface area contributed by atoms with Crippen LogP contribution in [0.15, 0.2) is 24.3 Å². The summed E-state index contributed by atoms with van der Waals surface area (Å²) in [4.78, 5) is 0. The van der Waals surface area contributed by atoms with Crippen molar-refractivity contribution in [2.75, 3.05) is 13.2 Å². The van der Waals surface area contributed by atoms with Crippen molar-refractivity contribution in [3.05, 3.63) is 29.8 Å². The predicted octanol–water partition coefficient (Wildman–Crippen LogP) is 8.47. The third-order valence-electron chi connectivity index (χ3n) is 5.16. The van der Waals surface area contributed by atoms with Gasteiger partial charge in [0, 0.05) is 5.30 Å². The molecule has 0 spiro atoms. The highest BCUT2D eigenvalue weighted by molar-refractivity contribution is 7.56. The van der Waals surface area contributed by atoms with Gasteiger partial charge in [0.25, 0.3) is 0 Å². The molecule has 0 saturated heterocycles. The molecule has 162 valence electrons. The summed E-state index contributed by atoms with van der Waals surface area (Å²) in [5.74, 6) is 0. The average Bonchev–Trinajstić information content (AvgIpc) is 2.71. The molecule has 0 fully saturated rings. The second-order valence-electron chi connectivity index (χ2n) is 8.00. The van der Waals surface area contributed by atoms with Gasteiger partial charge in [0.05, 0.1) is 13.2 Å². The molecule has 0 heterocycles. The van der Waals surface area contributed by atoms with Gasteiger partial charge in [0.2, 0.25) is 8.38 Å². The Hall–Kier alpha value is -0.430. The highest BCUT2D eigenvalue weighted by atomic mass is 31.2. The van der Waals surface area contributed by atoms with E-state index in [2.05, 4.69) is 45.0 Å². The molecule has 1 aromatic carbocycles. The summed E-state index contributed by atoms with van der Waals surface area (Å²) in [7, 11) is -0.929. The molecular formula is C25H45O2P. The van der Waals surface area contributed by atoms with E-state index in [0.717, 1.165) is 26.1 Å². The van der Waals surface area contributed by atoms with Crippen molar-refractivity contribution >= 4 is 13.7 Å². The first-order chi connectivity index (χ1) is 13.8. The summed E-state index contributed by atoms with van der Waals surface area (Å²) < 4.78 is 12.4. The molecule has 0 amide bonds. The molecule has 0 atom stereocenters. The minimum Gasteiger partial charge on any atom is -0.331 e. The van der Waals surface area contributed by atoms with E-state index in [4.69, 9.17) is 9.05 Å². The summed E-state index contributed by atoms with van der Waals surface area (Å²) in [6.07, 6.45) is 18.4. The maximum atomic E-state index is 6.20. The first-order valence-corrected chi connectivity index (χ1v) is 13.1. The van der Waals surface area contributed by atoms with E-state index in [1.165, 1.54) is 87.9 Å². The molecule has 1 rings (SSSR count). The molecule has 0 aliphatic rings. The molecule has 28 heavy (non-hydrogen) atoms. The lowest BCUT2D eigenvalue weighted by Gasteiger charge is -2.18. The van der Waals surface area contributed by atoms with Gasteiger partial charge in [-0.3, -0.25) is 0 Å². The zero-order valence-electron chi connectivity index (χ0n) is 18.9. The van der Waals surface area contributed by atoms with Gasteiger partial charge in [0.15, 0.2) is 0 Å². The fourth-order valence-corrected chi connectivity index (χ4v) is 4.62. The van der Waals surface area contributed by atoms with Crippen LogP contribution in [0.1, 0.15) is 109 Å². The standard InChI is InChI=1S/C25H45O2P/c1-4-6-8-10-12-14-16-22-26-28(25-20-18-24(3)19-21-25)27-23-17-15-13-11-9-7-5-2/h18-21H,4-17,22-23H2,1-3H3. The highest BCUT2D eigenvalue weighted by Gasteiger charge is 2.13. The fourth-order valence-electron chi connectivity index (χ4n) is 3.27. The van der Waals surface area contributed by atoms with Crippen LogP contribution in [0.5, 0.6) is 0 Å². The molecule has 0 bridgehead atoms. The van der Waals surface area contributed by atoms with E-state index in [1.807, 2.05) is 0 Å². The molecule has 1 aromatic rings.